The van der Waals surface area contributed by atoms with Crippen LogP contribution in [0.3, 0.4) is 0 Å². The third kappa shape index (κ3) is 4.19. The fourth-order valence-electron chi connectivity index (χ4n) is 2.09. The first-order valence-electron chi connectivity index (χ1n) is 6.62. The first-order valence-corrected chi connectivity index (χ1v) is 7.50. The fraction of sp³-hybridized carbons (Fsp3) is 0.235. The van der Waals surface area contributed by atoms with Gasteiger partial charge in [0.25, 0.3) is 5.91 Å². The average molecular weight is 299 g/mol. The lowest BCUT2D eigenvalue weighted by atomic mass is 10.1. The Hall–Kier alpha value is -2.09. The Morgan fingerprint density at radius 1 is 1.29 bits per heavy atom. The normalized spacial score (nSPS) is 9.86. The molecule has 0 saturated carbocycles. The van der Waals surface area contributed by atoms with Gasteiger partial charge in [0, 0.05) is 16.0 Å². The minimum Gasteiger partial charge on any atom is -0.384 e. The minimum atomic E-state index is -0.162. The van der Waals surface area contributed by atoms with Crippen molar-refractivity contribution in [3.63, 3.8) is 0 Å². The molecule has 0 aliphatic rings. The molecule has 0 aliphatic heterocycles. The van der Waals surface area contributed by atoms with Gasteiger partial charge in [-0.05, 0) is 37.4 Å². The lowest BCUT2D eigenvalue weighted by Gasteiger charge is -2.06. The average Bonchev–Trinajstić information content (AvgIpc) is 2.88. The van der Waals surface area contributed by atoms with Crippen LogP contribution < -0.4 is 5.32 Å². The van der Waals surface area contributed by atoms with Crippen LogP contribution in [0.5, 0.6) is 0 Å². The Balaban J connectivity index is 2.06. The van der Waals surface area contributed by atoms with Crippen molar-refractivity contribution in [1.82, 2.24) is 5.32 Å². The maximum absolute atomic E-state index is 12.2. The van der Waals surface area contributed by atoms with Gasteiger partial charge in [0.05, 0.1) is 6.54 Å². The zero-order valence-corrected chi connectivity index (χ0v) is 12.9. The molecule has 0 atom stereocenters. The van der Waals surface area contributed by atoms with Crippen molar-refractivity contribution in [2.75, 3.05) is 6.61 Å². The molecule has 108 valence electrons. The molecule has 1 heterocycles. The number of aryl methyl sites for hydroxylation is 2. The van der Waals surface area contributed by atoms with Crippen molar-refractivity contribution in [3.8, 4) is 11.8 Å². The number of hydrogen-bond acceptors (Lipinski definition) is 3. The molecule has 0 spiro atoms. The van der Waals surface area contributed by atoms with Crippen molar-refractivity contribution < 1.29 is 9.90 Å². The molecule has 0 fully saturated rings. The van der Waals surface area contributed by atoms with Gasteiger partial charge < -0.3 is 10.4 Å². The Kier molecular flexibility index (Phi) is 5.15. The van der Waals surface area contributed by atoms with E-state index in [1.807, 2.05) is 43.5 Å². The van der Waals surface area contributed by atoms with Crippen LogP contribution in [0.2, 0.25) is 0 Å². The van der Waals surface area contributed by atoms with Gasteiger partial charge in [-0.15, -0.1) is 11.3 Å². The number of benzene rings is 1. The highest BCUT2D eigenvalue weighted by atomic mass is 32.1. The quantitative estimate of drug-likeness (QED) is 0.856. The molecule has 1 aromatic carbocycles. The van der Waals surface area contributed by atoms with E-state index in [2.05, 4.69) is 17.2 Å². The summed E-state index contributed by atoms with van der Waals surface area (Å²) in [6.45, 7) is 4.24. The number of aliphatic hydroxyl groups excluding tert-OH is 1. The largest absolute Gasteiger partial charge is 0.384 e. The first kappa shape index (κ1) is 15.3. The zero-order valence-electron chi connectivity index (χ0n) is 12.1. The smallest absolute Gasteiger partial charge is 0.251 e. The van der Waals surface area contributed by atoms with Crippen LogP contribution in [0.15, 0.2) is 29.6 Å². The molecule has 0 saturated heterocycles. The number of rotatable bonds is 3. The maximum Gasteiger partial charge on any atom is 0.251 e. The third-order valence-electron chi connectivity index (χ3n) is 2.94. The van der Waals surface area contributed by atoms with E-state index in [1.165, 1.54) is 0 Å². The van der Waals surface area contributed by atoms with E-state index in [4.69, 9.17) is 5.11 Å². The predicted octanol–water partition coefficient (Wildman–Crippen LogP) is 2.64. The van der Waals surface area contributed by atoms with Gasteiger partial charge in [0.15, 0.2) is 0 Å². The Bertz CT molecular complexity index is 687. The summed E-state index contributed by atoms with van der Waals surface area (Å²) in [4.78, 5) is 13.2. The molecule has 1 amide bonds. The van der Waals surface area contributed by atoms with Crippen molar-refractivity contribution in [2.45, 2.75) is 20.4 Å². The molecule has 0 radical (unpaired) electrons. The van der Waals surface area contributed by atoms with Crippen LogP contribution >= 0.6 is 11.3 Å². The summed E-state index contributed by atoms with van der Waals surface area (Å²) in [5.74, 6) is 5.42. The third-order valence-corrected chi connectivity index (χ3v) is 3.86. The summed E-state index contributed by atoms with van der Waals surface area (Å²) >= 11 is 1.54. The molecule has 2 rings (SSSR count). The molecule has 4 heteroatoms. The number of aliphatic hydroxyl groups is 1. The molecular weight excluding hydrogens is 282 g/mol. The van der Waals surface area contributed by atoms with E-state index in [0.29, 0.717) is 12.1 Å². The minimum absolute atomic E-state index is 0.0868. The number of carbonyl (C=O) groups is 1. The molecule has 0 unspecified atom stereocenters. The zero-order chi connectivity index (χ0) is 15.2. The summed E-state index contributed by atoms with van der Waals surface area (Å²) in [6.07, 6.45) is 0. The molecule has 2 aromatic rings. The number of nitrogens with one attached hydrogen (secondary N) is 1. The summed E-state index contributed by atoms with van der Waals surface area (Å²) in [6, 6.07) is 7.69. The van der Waals surface area contributed by atoms with Crippen LogP contribution in [-0.4, -0.2) is 17.6 Å². The summed E-state index contributed by atoms with van der Waals surface area (Å²) < 4.78 is 0. The first-order chi connectivity index (χ1) is 10.1. The van der Waals surface area contributed by atoms with E-state index in [-0.39, 0.29) is 12.5 Å². The Morgan fingerprint density at radius 2 is 2.00 bits per heavy atom. The van der Waals surface area contributed by atoms with Crippen LogP contribution in [-0.2, 0) is 6.54 Å². The lowest BCUT2D eigenvalue weighted by Crippen LogP contribution is -2.22. The summed E-state index contributed by atoms with van der Waals surface area (Å²) in [7, 11) is 0. The second-order valence-electron chi connectivity index (χ2n) is 4.78. The number of hydrogen-bond donors (Lipinski definition) is 2. The van der Waals surface area contributed by atoms with E-state index in [0.717, 1.165) is 21.6 Å². The fourth-order valence-corrected chi connectivity index (χ4v) is 2.86. The van der Waals surface area contributed by atoms with Gasteiger partial charge in [-0.1, -0.05) is 29.0 Å². The number of thiophene rings is 1. The highest BCUT2D eigenvalue weighted by Gasteiger charge is 2.08. The monoisotopic (exact) mass is 299 g/mol. The van der Waals surface area contributed by atoms with Crippen LogP contribution in [0, 0.1) is 25.7 Å². The van der Waals surface area contributed by atoms with Crippen molar-refractivity contribution in [1.29, 1.82) is 0 Å². The summed E-state index contributed by atoms with van der Waals surface area (Å²) in [5, 5.41) is 13.6. The number of carbonyl (C=O) groups excluding carboxylic acids is 1. The Morgan fingerprint density at radius 3 is 2.67 bits per heavy atom. The molecule has 0 aliphatic carbocycles. The van der Waals surface area contributed by atoms with Gasteiger partial charge in [-0.2, -0.15) is 0 Å². The van der Waals surface area contributed by atoms with Gasteiger partial charge in [0.1, 0.15) is 6.61 Å². The van der Waals surface area contributed by atoms with Crippen LogP contribution in [0.25, 0.3) is 0 Å². The van der Waals surface area contributed by atoms with Crippen LogP contribution in [0.1, 0.15) is 31.9 Å². The second-order valence-corrected chi connectivity index (χ2v) is 5.78. The van der Waals surface area contributed by atoms with Crippen molar-refractivity contribution in [3.05, 3.63) is 56.8 Å². The molecule has 0 bridgehead atoms. The van der Waals surface area contributed by atoms with Gasteiger partial charge in [-0.3, -0.25) is 4.79 Å². The Labute approximate surface area is 128 Å². The van der Waals surface area contributed by atoms with Gasteiger partial charge in [-0.25, -0.2) is 0 Å². The molecule has 2 N–H and O–H groups in total. The summed E-state index contributed by atoms with van der Waals surface area (Å²) in [5.41, 5.74) is 3.68. The highest BCUT2D eigenvalue weighted by Crippen LogP contribution is 2.16. The molecular formula is C17H17NO2S. The van der Waals surface area contributed by atoms with E-state index in [1.54, 1.807) is 11.3 Å². The van der Waals surface area contributed by atoms with E-state index in [9.17, 15) is 4.79 Å². The van der Waals surface area contributed by atoms with Gasteiger partial charge >= 0.3 is 0 Å². The molecule has 21 heavy (non-hydrogen) atoms. The predicted molar refractivity (Wildman–Crippen MR) is 85.4 cm³/mol. The SMILES string of the molecule is Cc1cc(C)cc(C(=O)NCc2sccc2C#CCO)c1. The number of amides is 1. The lowest BCUT2D eigenvalue weighted by molar-refractivity contribution is 0.0951. The maximum atomic E-state index is 12.2. The van der Waals surface area contributed by atoms with Crippen molar-refractivity contribution in [2.24, 2.45) is 0 Å². The topological polar surface area (TPSA) is 49.3 Å². The van der Waals surface area contributed by atoms with Gasteiger partial charge in [0.2, 0.25) is 0 Å². The highest BCUT2D eigenvalue weighted by molar-refractivity contribution is 7.10. The van der Waals surface area contributed by atoms with E-state index >= 15 is 0 Å². The van der Waals surface area contributed by atoms with E-state index < -0.39 is 0 Å². The van der Waals surface area contributed by atoms with Crippen molar-refractivity contribution >= 4 is 17.2 Å². The standard InChI is InChI=1S/C17H17NO2S/c1-12-8-13(2)10-15(9-12)17(20)18-11-16-14(4-3-6-19)5-7-21-16/h5,7-10,19H,6,11H2,1-2H3,(H,18,20). The second kappa shape index (κ2) is 7.07. The molecule has 3 nitrogen and oxygen atoms in total. The molecule has 1 aromatic heterocycles. The van der Waals surface area contributed by atoms with Crippen LogP contribution in [0.4, 0.5) is 0 Å².